The van der Waals surface area contributed by atoms with Gasteiger partial charge in [-0.3, -0.25) is 0 Å². The minimum absolute atomic E-state index is 0.0712. The first-order chi connectivity index (χ1) is 8.02. The van der Waals surface area contributed by atoms with Gasteiger partial charge in [0.25, 0.3) is 0 Å². The number of hydrogen-bond acceptors (Lipinski definition) is 3. The van der Waals surface area contributed by atoms with Gasteiger partial charge in [0.05, 0.1) is 19.8 Å². The Labute approximate surface area is 104 Å². The molecule has 0 saturated heterocycles. The van der Waals surface area contributed by atoms with Crippen molar-refractivity contribution in [2.45, 2.75) is 33.8 Å². The minimum Gasteiger partial charge on any atom is -0.496 e. The Balaban J connectivity index is 3.09. The topological polar surface area (TPSA) is 44.5 Å². The van der Waals surface area contributed by atoms with Gasteiger partial charge in [0.2, 0.25) is 0 Å². The van der Waals surface area contributed by atoms with Crippen LogP contribution in [0.1, 0.15) is 35.3 Å². The second-order valence-corrected chi connectivity index (χ2v) is 4.37. The molecule has 0 fully saturated rings. The molecule has 0 aromatic heterocycles. The summed E-state index contributed by atoms with van der Waals surface area (Å²) in [5.74, 6) is 0.970. The predicted octanol–water partition coefficient (Wildman–Crippen LogP) is 2.66. The summed E-state index contributed by atoms with van der Waals surface area (Å²) >= 11 is 0. The SMILES string of the molecule is COc1c(C)cc(C(C)OCCN)c(C)c1C. The maximum absolute atomic E-state index is 5.68. The highest BCUT2D eigenvalue weighted by Gasteiger charge is 2.15. The van der Waals surface area contributed by atoms with Crippen LogP contribution < -0.4 is 10.5 Å². The van der Waals surface area contributed by atoms with Gasteiger partial charge in [-0.15, -0.1) is 0 Å². The molecule has 0 amide bonds. The van der Waals surface area contributed by atoms with Crippen LogP contribution in [0.25, 0.3) is 0 Å². The fraction of sp³-hybridized carbons (Fsp3) is 0.571. The van der Waals surface area contributed by atoms with Crippen LogP contribution in [0.4, 0.5) is 0 Å². The molecule has 3 heteroatoms. The van der Waals surface area contributed by atoms with Crippen molar-refractivity contribution in [1.29, 1.82) is 0 Å². The Bertz CT molecular complexity index is 388. The van der Waals surface area contributed by atoms with E-state index in [4.69, 9.17) is 15.2 Å². The molecular formula is C14H23NO2. The highest BCUT2D eigenvalue weighted by Crippen LogP contribution is 2.32. The number of nitrogens with two attached hydrogens (primary N) is 1. The molecule has 0 aliphatic heterocycles. The summed E-state index contributed by atoms with van der Waals surface area (Å²) in [6.45, 7) is 9.45. The van der Waals surface area contributed by atoms with Gasteiger partial charge in [-0.2, -0.15) is 0 Å². The normalized spacial score (nSPS) is 12.6. The summed E-state index contributed by atoms with van der Waals surface area (Å²) in [4.78, 5) is 0. The number of ether oxygens (including phenoxy) is 2. The van der Waals surface area contributed by atoms with E-state index in [0.717, 1.165) is 11.3 Å². The van der Waals surface area contributed by atoms with E-state index in [1.807, 2.05) is 0 Å². The highest BCUT2D eigenvalue weighted by molar-refractivity contribution is 5.49. The Morgan fingerprint density at radius 1 is 1.24 bits per heavy atom. The Kier molecular flexibility index (Phi) is 4.97. The second-order valence-electron chi connectivity index (χ2n) is 4.37. The third-order valence-electron chi connectivity index (χ3n) is 3.19. The molecule has 0 aliphatic carbocycles. The molecule has 0 radical (unpaired) electrons. The predicted molar refractivity (Wildman–Crippen MR) is 70.6 cm³/mol. The molecule has 3 nitrogen and oxygen atoms in total. The molecule has 0 bridgehead atoms. The molecule has 96 valence electrons. The molecule has 2 N–H and O–H groups in total. The van der Waals surface area contributed by atoms with Crippen molar-refractivity contribution in [3.8, 4) is 5.75 Å². The molecule has 1 unspecified atom stereocenters. The lowest BCUT2D eigenvalue weighted by Crippen LogP contribution is -2.12. The van der Waals surface area contributed by atoms with Crippen molar-refractivity contribution >= 4 is 0 Å². The van der Waals surface area contributed by atoms with Crippen molar-refractivity contribution in [2.75, 3.05) is 20.3 Å². The van der Waals surface area contributed by atoms with Crippen molar-refractivity contribution in [3.63, 3.8) is 0 Å². The smallest absolute Gasteiger partial charge is 0.124 e. The van der Waals surface area contributed by atoms with Crippen LogP contribution >= 0.6 is 0 Å². The molecule has 1 aromatic carbocycles. The summed E-state index contributed by atoms with van der Waals surface area (Å²) < 4.78 is 11.1. The quantitative estimate of drug-likeness (QED) is 0.856. The first-order valence-corrected chi connectivity index (χ1v) is 5.99. The van der Waals surface area contributed by atoms with Crippen molar-refractivity contribution in [2.24, 2.45) is 5.73 Å². The molecule has 0 saturated carbocycles. The third-order valence-corrected chi connectivity index (χ3v) is 3.19. The maximum Gasteiger partial charge on any atom is 0.124 e. The van der Waals surface area contributed by atoms with Gasteiger partial charge < -0.3 is 15.2 Å². The second kappa shape index (κ2) is 6.03. The number of rotatable bonds is 5. The molecule has 0 heterocycles. The summed E-state index contributed by atoms with van der Waals surface area (Å²) in [5.41, 5.74) is 10.2. The lowest BCUT2D eigenvalue weighted by atomic mass is 9.95. The van der Waals surface area contributed by atoms with Gasteiger partial charge in [-0.05, 0) is 56.0 Å². The zero-order valence-electron chi connectivity index (χ0n) is 11.5. The number of hydrogen-bond donors (Lipinski definition) is 1. The zero-order chi connectivity index (χ0) is 13.0. The summed E-state index contributed by atoms with van der Waals surface area (Å²) in [7, 11) is 1.71. The molecule has 0 aliphatic rings. The van der Waals surface area contributed by atoms with Crippen LogP contribution in [0.15, 0.2) is 6.07 Å². The lowest BCUT2D eigenvalue weighted by molar-refractivity contribution is 0.0712. The molecule has 1 rings (SSSR count). The van der Waals surface area contributed by atoms with E-state index >= 15 is 0 Å². The average molecular weight is 237 g/mol. The zero-order valence-corrected chi connectivity index (χ0v) is 11.5. The molecule has 1 aromatic rings. The van der Waals surface area contributed by atoms with Crippen molar-refractivity contribution in [3.05, 3.63) is 28.3 Å². The van der Waals surface area contributed by atoms with E-state index in [1.54, 1.807) is 7.11 Å². The van der Waals surface area contributed by atoms with Crippen LogP contribution in [-0.4, -0.2) is 20.3 Å². The van der Waals surface area contributed by atoms with Crippen molar-refractivity contribution < 1.29 is 9.47 Å². The number of benzene rings is 1. The molecule has 0 spiro atoms. The van der Waals surface area contributed by atoms with E-state index in [1.165, 1.54) is 16.7 Å². The maximum atomic E-state index is 5.68. The Morgan fingerprint density at radius 3 is 2.41 bits per heavy atom. The van der Waals surface area contributed by atoms with Gasteiger partial charge in [0, 0.05) is 6.54 Å². The van der Waals surface area contributed by atoms with Crippen molar-refractivity contribution in [1.82, 2.24) is 0 Å². The lowest BCUT2D eigenvalue weighted by Gasteiger charge is -2.20. The van der Waals surface area contributed by atoms with Gasteiger partial charge in [0.1, 0.15) is 5.75 Å². The van der Waals surface area contributed by atoms with Gasteiger partial charge in [-0.1, -0.05) is 0 Å². The van der Waals surface area contributed by atoms with E-state index < -0.39 is 0 Å². The minimum atomic E-state index is 0.0712. The third kappa shape index (κ3) is 2.99. The fourth-order valence-electron chi connectivity index (χ4n) is 2.16. The number of methoxy groups -OCH3 is 1. The van der Waals surface area contributed by atoms with Gasteiger partial charge in [0.15, 0.2) is 0 Å². The number of aryl methyl sites for hydroxylation is 1. The van der Waals surface area contributed by atoms with Crippen LogP contribution in [0.2, 0.25) is 0 Å². The largest absolute Gasteiger partial charge is 0.496 e. The average Bonchev–Trinajstić information content (AvgIpc) is 2.31. The molecule has 17 heavy (non-hydrogen) atoms. The summed E-state index contributed by atoms with van der Waals surface area (Å²) in [6.07, 6.45) is 0.0712. The van der Waals surface area contributed by atoms with Gasteiger partial charge >= 0.3 is 0 Å². The molecular weight excluding hydrogens is 214 g/mol. The van der Waals surface area contributed by atoms with Crippen LogP contribution in [0, 0.1) is 20.8 Å². The molecule has 1 atom stereocenters. The van der Waals surface area contributed by atoms with E-state index in [0.29, 0.717) is 13.2 Å². The first-order valence-electron chi connectivity index (χ1n) is 5.99. The summed E-state index contributed by atoms with van der Waals surface area (Å²) in [6, 6.07) is 2.14. The van der Waals surface area contributed by atoms with E-state index in [9.17, 15) is 0 Å². The monoisotopic (exact) mass is 237 g/mol. The van der Waals surface area contributed by atoms with E-state index in [2.05, 4.69) is 33.8 Å². The Morgan fingerprint density at radius 2 is 1.88 bits per heavy atom. The van der Waals surface area contributed by atoms with E-state index in [-0.39, 0.29) is 6.10 Å². The Hall–Kier alpha value is -1.06. The van der Waals surface area contributed by atoms with Crippen LogP contribution in [-0.2, 0) is 4.74 Å². The first kappa shape index (κ1) is 14.0. The van der Waals surface area contributed by atoms with Crippen LogP contribution in [0.5, 0.6) is 5.75 Å². The highest BCUT2D eigenvalue weighted by atomic mass is 16.5. The fourth-order valence-corrected chi connectivity index (χ4v) is 2.16. The van der Waals surface area contributed by atoms with Gasteiger partial charge in [-0.25, -0.2) is 0 Å². The summed E-state index contributed by atoms with van der Waals surface area (Å²) in [5, 5.41) is 0. The van der Waals surface area contributed by atoms with Crippen LogP contribution in [0.3, 0.4) is 0 Å². The standard InChI is InChI=1S/C14H23NO2/c1-9-8-13(12(4)17-7-6-15)10(2)11(3)14(9)16-5/h8,12H,6-7,15H2,1-5H3.